The molecule has 6 heteroatoms. The third-order valence-electron chi connectivity index (χ3n) is 4.17. The van der Waals surface area contributed by atoms with Gasteiger partial charge in [-0.2, -0.15) is 0 Å². The first-order chi connectivity index (χ1) is 11.0. The van der Waals surface area contributed by atoms with E-state index in [9.17, 15) is 0 Å². The average Bonchev–Trinajstić information content (AvgIpc) is 2.92. The molecule has 2 aromatic heterocycles. The van der Waals surface area contributed by atoms with Crippen molar-refractivity contribution in [3.8, 4) is 0 Å². The molecule has 1 saturated heterocycles. The van der Waals surface area contributed by atoms with Gasteiger partial charge in [0.1, 0.15) is 6.10 Å². The normalized spacial score (nSPS) is 19.0. The van der Waals surface area contributed by atoms with Crippen LogP contribution < -0.4 is 4.90 Å². The molecule has 3 rings (SSSR count). The lowest BCUT2D eigenvalue weighted by atomic mass is 10.1. The predicted octanol–water partition coefficient (Wildman–Crippen LogP) is 2.79. The Kier molecular flexibility index (Phi) is 4.94. The van der Waals surface area contributed by atoms with E-state index in [0.717, 1.165) is 43.3 Å². The molecule has 0 radical (unpaired) electrons. The summed E-state index contributed by atoms with van der Waals surface area (Å²) in [6.45, 7) is 7.64. The average molecular weight is 332 g/mol. The van der Waals surface area contributed by atoms with E-state index in [0.29, 0.717) is 0 Å². The van der Waals surface area contributed by atoms with Crippen LogP contribution in [0, 0.1) is 13.8 Å². The third-order valence-corrected chi connectivity index (χ3v) is 5.09. The molecule has 124 valence electrons. The molecule has 0 amide bonds. The minimum absolute atomic E-state index is 0.0376. The molecule has 23 heavy (non-hydrogen) atoms. The fourth-order valence-electron chi connectivity index (χ4n) is 2.80. The van der Waals surface area contributed by atoms with Crippen molar-refractivity contribution in [2.45, 2.75) is 26.5 Å². The highest BCUT2D eigenvalue weighted by molar-refractivity contribution is 7.09. The van der Waals surface area contributed by atoms with Crippen LogP contribution in [0.5, 0.6) is 0 Å². The molecule has 5 nitrogen and oxygen atoms in total. The van der Waals surface area contributed by atoms with E-state index in [2.05, 4.69) is 47.9 Å². The molecule has 0 bridgehead atoms. The first kappa shape index (κ1) is 16.4. The van der Waals surface area contributed by atoms with Crippen LogP contribution >= 0.6 is 11.3 Å². The first-order valence-corrected chi connectivity index (χ1v) is 8.79. The molecule has 0 aliphatic carbocycles. The second-order valence-corrected chi connectivity index (χ2v) is 7.18. The summed E-state index contributed by atoms with van der Waals surface area (Å²) >= 11 is 1.73. The monoisotopic (exact) mass is 332 g/mol. The zero-order valence-electron chi connectivity index (χ0n) is 14.2. The van der Waals surface area contributed by atoms with E-state index in [1.807, 2.05) is 12.4 Å². The number of hydrogen-bond donors (Lipinski definition) is 0. The number of ether oxygens (including phenoxy) is 1. The van der Waals surface area contributed by atoms with Crippen LogP contribution in [0.1, 0.15) is 28.1 Å². The number of aryl methyl sites for hydroxylation is 2. The summed E-state index contributed by atoms with van der Waals surface area (Å²) in [4.78, 5) is 14.9. The topological polar surface area (TPSA) is 41.5 Å². The van der Waals surface area contributed by atoms with Crippen LogP contribution in [0.15, 0.2) is 17.6 Å². The van der Waals surface area contributed by atoms with E-state index in [1.54, 1.807) is 11.3 Å². The summed E-state index contributed by atoms with van der Waals surface area (Å²) < 4.78 is 6.00. The van der Waals surface area contributed by atoms with Gasteiger partial charge in [0.2, 0.25) is 0 Å². The first-order valence-electron chi connectivity index (χ1n) is 7.92. The summed E-state index contributed by atoms with van der Waals surface area (Å²) in [6.07, 6.45) is 0.0376. The molecular formula is C17H24N4OS. The molecular weight excluding hydrogens is 308 g/mol. The van der Waals surface area contributed by atoms with E-state index in [-0.39, 0.29) is 6.10 Å². The molecule has 1 unspecified atom stereocenters. The van der Waals surface area contributed by atoms with Crippen LogP contribution in [0.25, 0.3) is 0 Å². The fraction of sp³-hybridized carbons (Fsp3) is 0.529. The highest BCUT2D eigenvalue weighted by Crippen LogP contribution is 2.26. The number of nitrogens with zero attached hydrogens (tertiary/aromatic N) is 4. The summed E-state index contributed by atoms with van der Waals surface area (Å²) in [6, 6.07) is 4.24. The lowest BCUT2D eigenvalue weighted by molar-refractivity contribution is -0.0347. The van der Waals surface area contributed by atoms with Gasteiger partial charge in [0.05, 0.1) is 23.5 Å². The van der Waals surface area contributed by atoms with Crippen molar-refractivity contribution < 1.29 is 4.74 Å². The van der Waals surface area contributed by atoms with Crippen LogP contribution in [-0.2, 0) is 11.3 Å². The van der Waals surface area contributed by atoms with E-state index in [4.69, 9.17) is 9.72 Å². The Morgan fingerprint density at radius 1 is 1.35 bits per heavy atom. The minimum atomic E-state index is 0.0376. The zero-order chi connectivity index (χ0) is 16.4. The Hall–Kier alpha value is -1.50. The molecule has 2 aromatic rings. The van der Waals surface area contributed by atoms with Gasteiger partial charge in [-0.3, -0.25) is 9.88 Å². The van der Waals surface area contributed by atoms with E-state index in [1.165, 1.54) is 10.6 Å². The number of anilines is 1. The molecule has 0 aromatic carbocycles. The lowest BCUT2D eigenvalue weighted by Crippen LogP contribution is -2.38. The Labute approximate surface area is 141 Å². The summed E-state index contributed by atoms with van der Waals surface area (Å²) in [5.74, 6) is 0. The summed E-state index contributed by atoms with van der Waals surface area (Å²) in [7, 11) is 4.11. The summed E-state index contributed by atoms with van der Waals surface area (Å²) in [5, 5.41) is 0. The second kappa shape index (κ2) is 6.95. The van der Waals surface area contributed by atoms with Crippen LogP contribution in [0.2, 0.25) is 0 Å². The van der Waals surface area contributed by atoms with Gasteiger partial charge in [-0.25, -0.2) is 4.98 Å². The van der Waals surface area contributed by atoms with Crippen molar-refractivity contribution in [3.05, 3.63) is 39.6 Å². The van der Waals surface area contributed by atoms with Crippen molar-refractivity contribution in [1.82, 2.24) is 14.9 Å². The number of pyridine rings is 1. The van der Waals surface area contributed by atoms with Crippen molar-refractivity contribution in [2.24, 2.45) is 0 Å². The van der Waals surface area contributed by atoms with Crippen LogP contribution in [0.3, 0.4) is 0 Å². The minimum Gasteiger partial charge on any atom is -0.378 e. The van der Waals surface area contributed by atoms with E-state index >= 15 is 0 Å². The van der Waals surface area contributed by atoms with E-state index < -0.39 is 0 Å². The van der Waals surface area contributed by atoms with Crippen molar-refractivity contribution >= 4 is 17.0 Å². The Balaban J connectivity index is 1.74. The summed E-state index contributed by atoms with van der Waals surface area (Å²) in [5.41, 5.74) is 6.30. The van der Waals surface area contributed by atoms with Gasteiger partial charge in [-0.1, -0.05) is 0 Å². The Morgan fingerprint density at radius 3 is 2.87 bits per heavy atom. The molecule has 1 atom stereocenters. The second-order valence-electron chi connectivity index (χ2n) is 6.24. The molecule has 0 spiro atoms. The largest absolute Gasteiger partial charge is 0.378 e. The Morgan fingerprint density at radius 2 is 2.17 bits per heavy atom. The number of morpholine rings is 1. The van der Waals surface area contributed by atoms with Crippen LogP contribution in [-0.4, -0.2) is 48.7 Å². The standard InChI is InChI=1S/C17H24N4OS/c1-12-7-14(20(3)4)8-15(19-12)16-9-21(5-6-22-16)10-17-13(2)18-11-23-17/h7-8,11,16H,5-6,9-10H2,1-4H3. The fourth-order valence-corrected chi connectivity index (χ4v) is 3.62. The van der Waals surface area contributed by atoms with Crippen molar-refractivity contribution in [2.75, 3.05) is 38.7 Å². The number of hydrogen-bond acceptors (Lipinski definition) is 6. The van der Waals surface area contributed by atoms with Gasteiger partial charge in [0.15, 0.2) is 0 Å². The predicted molar refractivity (Wildman–Crippen MR) is 94.1 cm³/mol. The number of rotatable bonds is 4. The highest BCUT2D eigenvalue weighted by atomic mass is 32.1. The quantitative estimate of drug-likeness (QED) is 0.861. The number of aromatic nitrogens is 2. The Bertz CT molecular complexity index is 670. The van der Waals surface area contributed by atoms with Gasteiger partial charge in [-0.15, -0.1) is 11.3 Å². The lowest BCUT2D eigenvalue weighted by Gasteiger charge is -2.32. The highest BCUT2D eigenvalue weighted by Gasteiger charge is 2.24. The smallest absolute Gasteiger partial charge is 0.112 e. The zero-order valence-corrected chi connectivity index (χ0v) is 15.1. The third kappa shape index (κ3) is 3.88. The van der Waals surface area contributed by atoms with Crippen LogP contribution in [0.4, 0.5) is 5.69 Å². The molecule has 0 saturated carbocycles. The van der Waals surface area contributed by atoms with Crippen molar-refractivity contribution in [1.29, 1.82) is 0 Å². The van der Waals surface area contributed by atoms with Gasteiger partial charge in [0, 0.05) is 50.0 Å². The number of thiazole rings is 1. The maximum absolute atomic E-state index is 6.00. The molecule has 1 aliphatic heterocycles. The van der Waals surface area contributed by atoms with Gasteiger partial charge < -0.3 is 9.64 Å². The maximum Gasteiger partial charge on any atom is 0.112 e. The SMILES string of the molecule is Cc1cc(N(C)C)cc(C2CN(Cc3scnc3C)CCO2)n1. The van der Waals surface area contributed by atoms with Gasteiger partial charge >= 0.3 is 0 Å². The maximum atomic E-state index is 6.00. The molecule has 3 heterocycles. The molecule has 0 N–H and O–H groups in total. The molecule has 1 aliphatic rings. The molecule has 1 fully saturated rings. The van der Waals surface area contributed by atoms with Crippen molar-refractivity contribution in [3.63, 3.8) is 0 Å². The van der Waals surface area contributed by atoms with Gasteiger partial charge in [-0.05, 0) is 26.0 Å². The van der Waals surface area contributed by atoms with Gasteiger partial charge in [0.25, 0.3) is 0 Å².